The SMILES string of the molecule is Cc1cc(C)c(S(=O)(=O)N(CCC(=O)N2CCNCC2)CC(C)C)cc1C. The molecule has 0 spiro atoms. The highest BCUT2D eigenvalue weighted by molar-refractivity contribution is 7.89. The summed E-state index contributed by atoms with van der Waals surface area (Å²) in [5, 5.41) is 3.22. The molecule has 6 nitrogen and oxygen atoms in total. The molecule has 1 fully saturated rings. The number of amides is 1. The van der Waals surface area contributed by atoms with Crippen LogP contribution in [-0.2, 0) is 14.8 Å². The number of piperazine rings is 1. The van der Waals surface area contributed by atoms with Crippen molar-refractivity contribution in [2.45, 2.75) is 45.9 Å². The zero-order valence-electron chi connectivity index (χ0n) is 17.2. The average molecular weight is 396 g/mol. The molecule has 0 atom stereocenters. The quantitative estimate of drug-likeness (QED) is 0.767. The Morgan fingerprint density at radius 3 is 2.30 bits per heavy atom. The van der Waals surface area contributed by atoms with Crippen molar-refractivity contribution < 1.29 is 13.2 Å². The van der Waals surface area contributed by atoms with Gasteiger partial charge in [-0.05, 0) is 49.4 Å². The van der Waals surface area contributed by atoms with Gasteiger partial charge in [0, 0.05) is 45.7 Å². The first-order valence-electron chi connectivity index (χ1n) is 9.69. The van der Waals surface area contributed by atoms with E-state index in [-0.39, 0.29) is 24.8 Å². The highest BCUT2D eigenvalue weighted by Gasteiger charge is 2.28. The Hall–Kier alpha value is -1.44. The van der Waals surface area contributed by atoms with Gasteiger partial charge in [0.25, 0.3) is 0 Å². The van der Waals surface area contributed by atoms with Crippen LogP contribution in [0.3, 0.4) is 0 Å². The summed E-state index contributed by atoms with van der Waals surface area (Å²) in [7, 11) is -3.64. The summed E-state index contributed by atoms with van der Waals surface area (Å²) in [6, 6.07) is 3.67. The van der Waals surface area contributed by atoms with Crippen molar-refractivity contribution in [3.63, 3.8) is 0 Å². The molecule has 0 unspecified atom stereocenters. The van der Waals surface area contributed by atoms with Crippen molar-refractivity contribution in [2.75, 3.05) is 39.3 Å². The van der Waals surface area contributed by atoms with Crippen molar-refractivity contribution >= 4 is 15.9 Å². The van der Waals surface area contributed by atoms with Gasteiger partial charge in [-0.25, -0.2) is 8.42 Å². The fraction of sp³-hybridized carbons (Fsp3) is 0.650. The lowest BCUT2D eigenvalue weighted by Gasteiger charge is -2.29. The van der Waals surface area contributed by atoms with E-state index in [0.717, 1.165) is 29.8 Å². The molecule has 1 saturated heterocycles. The van der Waals surface area contributed by atoms with Gasteiger partial charge < -0.3 is 10.2 Å². The average Bonchev–Trinajstić information content (AvgIpc) is 2.61. The van der Waals surface area contributed by atoms with E-state index in [2.05, 4.69) is 5.32 Å². The first-order chi connectivity index (χ1) is 12.6. The molecule has 0 saturated carbocycles. The van der Waals surface area contributed by atoms with Gasteiger partial charge in [0.15, 0.2) is 0 Å². The molecular weight excluding hydrogens is 362 g/mol. The number of carbonyl (C=O) groups excluding carboxylic acids is 1. The van der Waals surface area contributed by atoms with Crippen molar-refractivity contribution in [1.29, 1.82) is 0 Å². The van der Waals surface area contributed by atoms with Crippen LogP contribution in [0.15, 0.2) is 17.0 Å². The number of hydrogen-bond donors (Lipinski definition) is 1. The van der Waals surface area contributed by atoms with Gasteiger partial charge in [-0.2, -0.15) is 4.31 Å². The molecule has 7 heteroatoms. The molecule has 0 radical (unpaired) electrons. The van der Waals surface area contributed by atoms with Gasteiger partial charge in [0.2, 0.25) is 15.9 Å². The molecule has 1 heterocycles. The van der Waals surface area contributed by atoms with E-state index in [1.807, 2.05) is 45.6 Å². The molecule has 0 aliphatic carbocycles. The maximum atomic E-state index is 13.3. The predicted molar refractivity (Wildman–Crippen MR) is 108 cm³/mol. The zero-order valence-corrected chi connectivity index (χ0v) is 18.0. The lowest BCUT2D eigenvalue weighted by Crippen LogP contribution is -2.47. The van der Waals surface area contributed by atoms with E-state index in [4.69, 9.17) is 0 Å². The number of rotatable bonds is 7. The van der Waals surface area contributed by atoms with Gasteiger partial charge in [-0.1, -0.05) is 19.9 Å². The van der Waals surface area contributed by atoms with Crippen LogP contribution in [0.25, 0.3) is 0 Å². The van der Waals surface area contributed by atoms with Crippen LogP contribution < -0.4 is 5.32 Å². The van der Waals surface area contributed by atoms with E-state index >= 15 is 0 Å². The summed E-state index contributed by atoms with van der Waals surface area (Å²) in [4.78, 5) is 14.7. The number of benzene rings is 1. The van der Waals surface area contributed by atoms with Gasteiger partial charge in [-0.3, -0.25) is 4.79 Å². The monoisotopic (exact) mass is 395 g/mol. The second-order valence-electron chi connectivity index (χ2n) is 7.84. The minimum Gasteiger partial charge on any atom is -0.340 e. The third-order valence-electron chi connectivity index (χ3n) is 5.02. The van der Waals surface area contributed by atoms with E-state index in [1.54, 1.807) is 6.07 Å². The number of aryl methyl sites for hydroxylation is 3. The van der Waals surface area contributed by atoms with Crippen LogP contribution in [0.4, 0.5) is 0 Å². The lowest BCUT2D eigenvalue weighted by molar-refractivity contribution is -0.131. The molecular formula is C20H33N3O3S. The topological polar surface area (TPSA) is 69.7 Å². The van der Waals surface area contributed by atoms with Crippen molar-refractivity contribution in [2.24, 2.45) is 5.92 Å². The number of nitrogens with zero attached hydrogens (tertiary/aromatic N) is 2. The Bertz CT molecular complexity index is 769. The standard InChI is InChI=1S/C20H33N3O3S/c1-15(2)14-23(9-6-20(24)22-10-7-21-8-11-22)27(25,26)19-13-17(4)16(3)12-18(19)5/h12-13,15,21H,6-11,14H2,1-5H3. The van der Waals surface area contributed by atoms with Crippen LogP contribution in [-0.4, -0.2) is 62.8 Å². The Morgan fingerprint density at radius 2 is 1.70 bits per heavy atom. The molecule has 0 aromatic heterocycles. The summed E-state index contributed by atoms with van der Waals surface area (Å²) in [5.74, 6) is 0.207. The number of nitrogens with one attached hydrogen (secondary N) is 1. The van der Waals surface area contributed by atoms with Crippen LogP contribution in [0.1, 0.15) is 37.0 Å². The molecule has 1 aromatic rings. The molecule has 1 N–H and O–H groups in total. The summed E-state index contributed by atoms with van der Waals surface area (Å²) in [5.41, 5.74) is 2.79. The normalized spacial score (nSPS) is 15.6. The van der Waals surface area contributed by atoms with E-state index in [1.165, 1.54) is 4.31 Å². The summed E-state index contributed by atoms with van der Waals surface area (Å²) in [6.45, 7) is 13.3. The van der Waals surface area contributed by atoms with Crippen molar-refractivity contribution in [1.82, 2.24) is 14.5 Å². The van der Waals surface area contributed by atoms with Crippen LogP contribution >= 0.6 is 0 Å². The highest BCUT2D eigenvalue weighted by Crippen LogP contribution is 2.24. The van der Waals surface area contributed by atoms with E-state index in [0.29, 0.717) is 24.5 Å². The van der Waals surface area contributed by atoms with Crippen LogP contribution in [0.2, 0.25) is 0 Å². The zero-order chi connectivity index (χ0) is 20.2. The molecule has 1 aliphatic rings. The second kappa shape index (κ2) is 9.17. The molecule has 1 amide bonds. The summed E-state index contributed by atoms with van der Waals surface area (Å²) < 4.78 is 28.1. The Morgan fingerprint density at radius 1 is 1.11 bits per heavy atom. The van der Waals surface area contributed by atoms with Gasteiger partial charge in [-0.15, -0.1) is 0 Å². The molecule has 1 aliphatic heterocycles. The Balaban J connectivity index is 2.21. The largest absolute Gasteiger partial charge is 0.340 e. The van der Waals surface area contributed by atoms with E-state index in [9.17, 15) is 13.2 Å². The van der Waals surface area contributed by atoms with Crippen LogP contribution in [0, 0.1) is 26.7 Å². The first-order valence-corrected chi connectivity index (χ1v) is 11.1. The van der Waals surface area contributed by atoms with Crippen molar-refractivity contribution in [3.8, 4) is 0 Å². The third kappa shape index (κ3) is 5.53. The van der Waals surface area contributed by atoms with Crippen LogP contribution in [0.5, 0.6) is 0 Å². The van der Waals surface area contributed by atoms with Crippen molar-refractivity contribution in [3.05, 3.63) is 28.8 Å². The van der Waals surface area contributed by atoms with E-state index < -0.39 is 10.0 Å². The van der Waals surface area contributed by atoms with Gasteiger partial charge in [0.1, 0.15) is 0 Å². The maximum Gasteiger partial charge on any atom is 0.243 e. The molecule has 2 rings (SSSR count). The minimum absolute atomic E-state index is 0.0252. The smallest absolute Gasteiger partial charge is 0.243 e. The fourth-order valence-electron chi connectivity index (χ4n) is 3.36. The second-order valence-corrected chi connectivity index (χ2v) is 9.75. The first kappa shape index (κ1) is 21.9. The molecule has 1 aromatic carbocycles. The highest BCUT2D eigenvalue weighted by atomic mass is 32.2. The summed E-state index contributed by atoms with van der Waals surface area (Å²) >= 11 is 0. The molecule has 152 valence electrons. The molecule has 27 heavy (non-hydrogen) atoms. The lowest BCUT2D eigenvalue weighted by atomic mass is 10.1. The third-order valence-corrected chi connectivity index (χ3v) is 7.03. The summed E-state index contributed by atoms with van der Waals surface area (Å²) in [6.07, 6.45) is 0.218. The Labute approximate surface area is 164 Å². The predicted octanol–water partition coefficient (Wildman–Crippen LogP) is 2.08. The Kier molecular flexibility index (Phi) is 7.42. The fourth-order valence-corrected chi connectivity index (χ4v) is 5.26. The number of carbonyl (C=O) groups is 1. The van der Waals surface area contributed by atoms with Gasteiger partial charge >= 0.3 is 0 Å². The number of hydrogen-bond acceptors (Lipinski definition) is 4. The molecule has 0 bridgehead atoms. The minimum atomic E-state index is -3.64. The maximum absolute atomic E-state index is 13.3. The number of sulfonamides is 1. The van der Waals surface area contributed by atoms with Gasteiger partial charge in [0.05, 0.1) is 4.90 Å².